The van der Waals surface area contributed by atoms with Gasteiger partial charge in [-0.25, -0.2) is 4.39 Å². The molecule has 1 atom stereocenters. The first kappa shape index (κ1) is 20.5. The molecular formula is C22H31FN4O. The summed E-state index contributed by atoms with van der Waals surface area (Å²) >= 11 is 0. The van der Waals surface area contributed by atoms with E-state index in [0.29, 0.717) is 18.2 Å². The van der Waals surface area contributed by atoms with Crippen LogP contribution in [0, 0.1) is 18.7 Å². The lowest BCUT2D eigenvalue weighted by Crippen LogP contribution is -2.45. The Bertz CT molecular complexity index is 799. The SMILES string of the molecule is CCc1[nH]nc(C(=O)N2CCCN(Cc3ccc(F)cc3)[C@H](C(C)C)C2)c1C. The third kappa shape index (κ3) is 4.43. The quantitative estimate of drug-likeness (QED) is 0.851. The van der Waals surface area contributed by atoms with Gasteiger partial charge in [-0.05, 0) is 43.4 Å². The minimum absolute atomic E-state index is 0.0164. The molecule has 152 valence electrons. The molecule has 6 heteroatoms. The van der Waals surface area contributed by atoms with Crippen LogP contribution in [0.1, 0.15) is 54.5 Å². The maximum Gasteiger partial charge on any atom is 0.274 e. The molecule has 5 nitrogen and oxygen atoms in total. The highest BCUT2D eigenvalue weighted by Crippen LogP contribution is 2.22. The van der Waals surface area contributed by atoms with Gasteiger partial charge in [0.05, 0.1) is 0 Å². The first-order valence-corrected chi connectivity index (χ1v) is 10.2. The maximum atomic E-state index is 13.2. The van der Waals surface area contributed by atoms with Gasteiger partial charge >= 0.3 is 0 Å². The van der Waals surface area contributed by atoms with Crippen molar-refractivity contribution >= 4 is 5.91 Å². The summed E-state index contributed by atoms with van der Waals surface area (Å²) in [7, 11) is 0. The van der Waals surface area contributed by atoms with Crippen molar-refractivity contribution in [1.82, 2.24) is 20.0 Å². The van der Waals surface area contributed by atoms with Crippen LogP contribution in [0.4, 0.5) is 4.39 Å². The number of carbonyl (C=O) groups is 1. The predicted octanol–water partition coefficient (Wildman–Crippen LogP) is 3.79. The molecule has 28 heavy (non-hydrogen) atoms. The Balaban J connectivity index is 1.77. The average molecular weight is 387 g/mol. The molecule has 1 saturated heterocycles. The van der Waals surface area contributed by atoms with Gasteiger partial charge in [0.25, 0.3) is 5.91 Å². The molecule has 2 heterocycles. The molecule has 1 amide bonds. The standard InChI is InChI=1S/C22H31FN4O/c1-5-19-16(4)21(25-24-19)22(28)27-12-6-11-26(20(14-27)15(2)3)13-17-7-9-18(23)10-8-17/h7-10,15,20H,5-6,11-14H2,1-4H3,(H,24,25)/t20-/m0/s1. The van der Waals surface area contributed by atoms with Gasteiger partial charge in [0.15, 0.2) is 5.69 Å². The maximum absolute atomic E-state index is 13.2. The third-order valence-electron chi connectivity index (χ3n) is 5.77. The molecular weight excluding hydrogens is 355 g/mol. The van der Waals surface area contributed by atoms with Gasteiger partial charge in [0.2, 0.25) is 0 Å². The van der Waals surface area contributed by atoms with Crippen LogP contribution in [0.2, 0.25) is 0 Å². The molecule has 0 saturated carbocycles. The van der Waals surface area contributed by atoms with Crippen molar-refractivity contribution in [2.45, 2.75) is 53.1 Å². The fourth-order valence-corrected chi connectivity index (χ4v) is 4.04. The summed E-state index contributed by atoms with van der Waals surface area (Å²) in [4.78, 5) is 17.5. The Morgan fingerprint density at radius 3 is 2.61 bits per heavy atom. The molecule has 2 aromatic rings. The number of hydrogen-bond acceptors (Lipinski definition) is 3. The van der Waals surface area contributed by atoms with Crippen LogP contribution in [-0.2, 0) is 13.0 Å². The monoisotopic (exact) mass is 386 g/mol. The van der Waals surface area contributed by atoms with Crippen molar-refractivity contribution in [1.29, 1.82) is 0 Å². The topological polar surface area (TPSA) is 52.2 Å². The van der Waals surface area contributed by atoms with E-state index in [4.69, 9.17) is 0 Å². The van der Waals surface area contributed by atoms with Gasteiger partial charge in [0, 0.05) is 43.5 Å². The van der Waals surface area contributed by atoms with Crippen LogP contribution < -0.4 is 0 Å². The smallest absolute Gasteiger partial charge is 0.274 e. The van der Waals surface area contributed by atoms with E-state index in [2.05, 4.69) is 35.9 Å². The van der Waals surface area contributed by atoms with E-state index in [1.165, 1.54) is 12.1 Å². The van der Waals surface area contributed by atoms with Gasteiger partial charge in [-0.15, -0.1) is 0 Å². The fourth-order valence-electron chi connectivity index (χ4n) is 4.04. The fraction of sp³-hybridized carbons (Fsp3) is 0.545. The molecule has 0 bridgehead atoms. The highest BCUT2D eigenvalue weighted by molar-refractivity contribution is 5.94. The molecule has 3 rings (SSSR count). The molecule has 0 unspecified atom stereocenters. The van der Waals surface area contributed by atoms with Gasteiger partial charge in [-0.3, -0.25) is 14.8 Å². The van der Waals surface area contributed by atoms with Crippen LogP contribution >= 0.6 is 0 Å². The molecule has 0 radical (unpaired) electrons. The lowest BCUT2D eigenvalue weighted by molar-refractivity contribution is 0.0696. The van der Waals surface area contributed by atoms with Gasteiger partial charge < -0.3 is 4.90 Å². The zero-order chi connectivity index (χ0) is 20.3. The normalized spacial score (nSPS) is 18.5. The Kier molecular flexibility index (Phi) is 6.50. The number of rotatable bonds is 5. The van der Waals surface area contributed by atoms with Crippen molar-refractivity contribution < 1.29 is 9.18 Å². The largest absolute Gasteiger partial charge is 0.336 e. The Morgan fingerprint density at radius 2 is 2.00 bits per heavy atom. The van der Waals surface area contributed by atoms with E-state index in [0.717, 1.165) is 49.3 Å². The molecule has 1 N–H and O–H groups in total. The summed E-state index contributed by atoms with van der Waals surface area (Å²) < 4.78 is 13.2. The van der Waals surface area contributed by atoms with Crippen molar-refractivity contribution in [3.05, 3.63) is 52.6 Å². The molecule has 1 aromatic carbocycles. The second-order valence-electron chi connectivity index (χ2n) is 8.04. The van der Waals surface area contributed by atoms with E-state index >= 15 is 0 Å². The highest BCUT2D eigenvalue weighted by atomic mass is 19.1. The minimum atomic E-state index is -0.211. The summed E-state index contributed by atoms with van der Waals surface area (Å²) in [6, 6.07) is 6.97. The number of aryl methyl sites for hydroxylation is 1. The zero-order valence-electron chi connectivity index (χ0n) is 17.3. The number of benzene rings is 1. The summed E-state index contributed by atoms with van der Waals surface area (Å²) in [6.07, 6.45) is 1.76. The average Bonchev–Trinajstić information content (AvgIpc) is 2.91. The summed E-state index contributed by atoms with van der Waals surface area (Å²) in [5.74, 6) is 0.209. The van der Waals surface area contributed by atoms with Gasteiger partial charge in [0.1, 0.15) is 5.82 Å². The third-order valence-corrected chi connectivity index (χ3v) is 5.77. The Morgan fingerprint density at radius 1 is 1.29 bits per heavy atom. The number of hydrogen-bond donors (Lipinski definition) is 1. The van der Waals surface area contributed by atoms with E-state index in [1.54, 1.807) is 0 Å². The number of carbonyl (C=O) groups excluding carboxylic acids is 1. The van der Waals surface area contributed by atoms with Crippen LogP contribution in [0.25, 0.3) is 0 Å². The number of amides is 1. The Labute approximate surface area is 166 Å². The zero-order valence-corrected chi connectivity index (χ0v) is 17.3. The number of aromatic amines is 1. The number of aromatic nitrogens is 2. The number of nitrogens with zero attached hydrogens (tertiary/aromatic N) is 3. The van der Waals surface area contributed by atoms with Gasteiger partial charge in [-0.1, -0.05) is 32.9 Å². The number of halogens is 1. The summed E-state index contributed by atoms with van der Waals surface area (Å²) in [5.41, 5.74) is 3.63. The number of nitrogens with one attached hydrogen (secondary N) is 1. The first-order valence-electron chi connectivity index (χ1n) is 10.2. The molecule has 1 fully saturated rings. The van der Waals surface area contributed by atoms with Crippen LogP contribution in [0.3, 0.4) is 0 Å². The predicted molar refractivity (Wildman–Crippen MR) is 109 cm³/mol. The highest BCUT2D eigenvalue weighted by Gasteiger charge is 2.31. The van der Waals surface area contributed by atoms with Crippen molar-refractivity contribution in [3.8, 4) is 0 Å². The number of H-pyrrole nitrogens is 1. The van der Waals surface area contributed by atoms with Crippen molar-refractivity contribution in [3.63, 3.8) is 0 Å². The van der Waals surface area contributed by atoms with Crippen molar-refractivity contribution in [2.24, 2.45) is 5.92 Å². The summed E-state index contributed by atoms with van der Waals surface area (Å²) in [5, 5.41) is 7.29. The molecule has 1 aromatic heterocycles. The van der Waals surface area contributed by atoms with Gasteiger partial charge in [-0.2, -0.15) is 5.10 Å². The lowest BCUT2D eigenvalue weighted by Gasteiger charge is -2.34. The first-order chi connectivity index (χ1) is 13.4. The molecule has 0 spiro atoms. The van der Waals surface area contributed by atoms with E-state index in [-0.39, 0.29) is 17.8 Å². The lowest BCUT2D eigenvalue weighted by atomic mass is 10.0. The van der Waals surface area contributed by atoms with E-state index in [9.17, 15) is 9.18 Å². The van der Waals surface area contributed by atoms with Crippen LogP contribution in [0.15, 0.2) is 24.3 Å². The summed E-state index contributed by atoms with van der Waals surface area (Å²) in [6.45, 7) is 11.5. The second-order valence-corrected chi connectivity index (χ2v) is 8.04. The molecule has 0 aliphatic carbocycles. The van der Waals surface area contributed by atoms with Crippen molar-refractivity contribution in [2.75, 3.05) is 19.6 Å². The van der Waals surface area contributed by atoms with E-state index < -0.39 is 0 Å². The second kappa shape index (κ2) is 8.86. The Hall–Kier alpha value is -2.21. The van der Waals surface area contributed by atoms with Crippen LogP contribution in [0.5, 0.6) is 0 Å². The molecule has 1 aliphatic heterocycles. The minimum Gasteiger partial charge on any atom is -0.336 e. The molecule has 1 aliphatic rings. The van der Waals surface area contributed by atoms with Crippen LogP contribution in [-0.4, -0.2) is 51.6 Å². The van der Waals surface area contributed by atoms with E-state index in [1.807, 2.05) is 24.0 Å².